The Morgan fingerprint density at radius 2 is 2.04 bits per heavy atom. The maximum Gasteiger partial charge on any atom is 0.332 e. The maximum atomic E-state index is 13.3. The molecular formula is C20H32N4O3S. The molecule has 7 nitrogen and oxygen atoms in total. The molecule has 3 rings (SSSR count). The highest BCUT2D eigenvalue weighted by Crippen LogP contribution is 2.29. The fourth-order valence-electron chi connectivity index (χ4n) is 3.68. The zero-order valence-corrected chi connectivity index (χ0v) is 18.2. The SMILES string of the molecule is Cc1c(CNCCN)sc2c1c(=O)n(CC(C)(C)C)c(=O)n2CC1CCCO1. The van der Waals surface area contributed by atoms with Gasteiger partial charge in [-0.05, 0) is 30.7 Å². The fraction of sp³-hybridized carbons (Fsp3) is 0.700. The Hall–Kier alpha value is -1.48. The van der Waals surface area contributed by atoms with Crippen LogP contribution in [0.1, 0.15) is 44.1 Å². The third-order valence-corrected chi connectivity index (χ3v) is 6.36. The Bertz CT molecular complexity index is 945. The van der Waals surface area contributed by atoms with Gasteiger partial charge in [0.25, 0.3) is 5.56 Å². The topological polar surface area (TPSA) is 91.3 Å². The monoisotopic (exact) mass is 408 g/mol. The number of fused-ring (bicyclic) bond motifs is 1. The molecule has 1 aliphatic heterocycles. The van der Waals surface area contributed by atoms with E-state index in [1.54, 1.807) is 4.57 Å². The van der Waals surface area contributed by atoms with Gasteiger partial charge in [-0.2, -0.15) is 0 Å². The molecule has 3 N–H and O–H groups in total. The van der Waals surface area contributed by atoms with Crippen molar-refractivity contribution in [2.24, 2.45) is 11.1 Å². The van der Waals surface area contributed by atoms with Crippen molar-refractivity contribution in [1.29, 1.82) is 0 Å². The number of hydrogen-bond donors (Lipinski definition) is 2. The van der Waals surface area contributed by atoms with Gasteiger partial charge in [0.15, 0.2) is 0 Å². The smallest absolute Gasteiger partial charge is 0.332 e. The summed E-state index contributed by atoms with van der Waals surface area (Å²) in [5.41, 5.74) is 5.94. The fourth-order valence-corrected chi connectivity index (χ4v) is 4.95. The van der Waals surface area contributed by atoms with Crippen LogP contribution in [-0.4, -0.2) is 34.9 Å². The minimum atomic E-state index is -0.231. The molecule has 0 bridgehead atoms. The summed E-state index contributed by atoms with van der Waals surface area (Å²) in [6.45, 7) is 11.6. The van der Waals surface area contributed by atoms with Crippen LogP contribution < -0.4 is 22.3 Å². The van der Waals surface area contributed by atoms with Gasteiger partial charge in [0.1, 0.15) is 4.83 Å². The second-order valence-corrected chi connectivity index (χ2v) is 9.86. The molecule has 28 heavy (non-hydrogen) atoms. The second-order valence-electron chi connectivity index (χ2n) is 8.78. The summed E-state index contributed by atoms with van der Waals surface area (Å²) in [5.74, 6) is 0. The third-order valence-electron chi connectivity index (χ3n) is 5.04. The van der Waals surface area contributed by atoms with Gasteiger partial charge < -0.3 is 15.8 Å². The lowest BCUT2D eigenvalue weighted by atomic mass is 9.97. The molecule has 0 aliphatic carbocycles. The lowest BCUT2D eigenvalue weighted by Gasteiger charge is -2.21. The van der Waals surface area contributed by atoms with Crippen LogP contribution in [0.2, 0.25) is 0 Å². The van der Waals surface area contributed by atoms with Crippen molar-refractivity contribution in [2.75, 3.05) is 19.7 Å². The van der Waals surface area contributed by atoms with E-state index in [9.17, 15) is 9.59 Å². The highest BCUT2D eigenvalue weighted by Gasteiger charge is 2.25. The lowest BCUT2D eigenvalue weighted by molar-refractivity contribution is 0.0964. The van der Waals surface area contributed by atoms with Crippen molar-refractivity contribution in [1.82, 2.24) is 14.5 Å². The molecule has 1 atom stereocenters. The third kappa shape index (κ3) is 4.40. The first-order valence-electron chi connectivity index (χ1n) is 10.0. The van der Waals surface area contributed by atoms with Crippen molar-refractivity contribution in [3.63, 3.8) is 0 Å². The first-order valence-corrected chi connectivity index (χ1v) is 10.8. The van der Waals surface area contributed by atoms with Gasteiger partial charge in [0.2, 0.25) is 0 Å². The first kappa shape index (κ1) is 21.2. The number of ether oxygens (including phenoxy) is 1. The predicted octanol–water partition coefficient (Wildman–Crippen LogP) is 1.81. The standard InChI is InChI=1S/C20H32N4O3S/c1-13-15(10-22-8-7-21)28-18-16(13)17(25)24(12-20(2,3)4)19(26)23(18)11-14-6-5-9-27-14/h14,22H,5-12,21H2,1-4H3. The molecular weight excluding hydrogens is 376 g/mol. The lowest BCUT2D eigenvalue weighted by Crippen LogP contribution is -2.43. The Balaban J connectivity index is 2.16. The van der Waals surface area contributed by atoms with Gasteiger partial charge >= 0.3 is 5.69 Å². The van der Waals surface area contributed by atoms with Crippen LogP contribution >= 0.6 is 11.3 Å². The first-order chi connectivity index (χ1) is 13.2. The van der Waals surface area contributed by atoms with E-state index < -0.39 is 0 Å². The van der Waals surface area contributed by atoms with Crippen LogP contribution in [0.15, 0.2) is 9.59 Å². The number of hydrogen-bond acceptors (Lipinski definition) is 6. The molecule has 3 heterocycles. The molecule has 1 saturated heterocycles. The van der Waals surface area contributed by atoms with Gasteiger partial charge in [-0.25, -0.2) is 4.79 Å². The number of nitrogens with zero attached hydrogens (tertiary/aromatic N) is 2. The summed E-state index contributed by atoms with van der Waals surface area (Å²) in [4.78, 5) is 28.4. The Labute approximate surface area is 169 Å². The number of thiophene rings is 1. The van der Waals surface area contributed by atoms with Crippen LogP contribution in [0.3, 0.4) is 0 Å². The zero-order valence-electron chi connectivity index (χ0n) is 17.3. The molecule has 1 unspecified atom stereocenters. The maximum absolute atomic E-state index is 13.3. The highest BCUT2D eigenvalue weighted by molar-refractivity contribution is 7.18. The average molecular weight is 409 g/mol. The summed E-state index contributed by atoms with van der Waals surface area (Å²) in [6, 6.07) is 0. The molecule has 0 radical (unpaired) electrons. The number of nitrogens with two attached hydrogens (primary N) is 1. The van der Waals surface area contributed by atoms with Gasteiger partial charge in [0.05, 0.1) is 18.0 Å². The summed E-state index contributed by atoms with van der Waals surface area (Å²) < 4.78 is 8.96. The van der Waals surface area contributed by atoms with E-state index in [1.165, 1.54) is 15.9 Å². The van der Waals surface area contributed by atoms with Gasteiger partial charge in [-0.15, -0.1) is 11.3 Å². The Kier molecular flexibility index (Phi) is 6.44. The summed E-state index contributed by atoms with van der Waals surface area (Å²) in [5, 5.41) is 3.96. The molecule has 2 aromatic rings. The van der Waals surface area contributed by atoms with Crippen molar-refractivity contribution in [2.45, 2.75) is 66.3 Å². The van der Waals surface area contributed by atoms with E-state index >= 15 is 0 Å². The zero-order chi connectivity index (χ0) is 20.5. The highest BCUT2D eigenvalue weighted by atomic mass is 32.1. The Morgan fingerprint density at radius 1 is 1.29 bits per heavy atom. The van der Waals surface area contributed by atoms with Gasteiger partial charge in [0, 0.05) is 37.7 Å². The number of rotatable bonds is 7. The Morgan fingerprint density at radius 3 is 2.64 bits per heavy atom. The number of nitrogens with one attached hydrogen (secondary N) is 1. The van der Waals surface area contributed by atoms with Crippen molar-refractivity contribution in [3.8, 4) is 0 Å². The molecule has 156 valence electrons. The second kappa shape index (κ2) is 8.49. The molecule has 2 aromatic heterocycles. The molecule has 8 heteroatoms. The molecule has 0 saturated carbocycles. The molecule has 0 amide bonds. The molecule has 0 aromatic carbocycles. The van der Waals surface area contributed by atoms with Gasteiger partial charge in [-0.3, -0.25) is 13.9 Å². The van der Waals surface area contributed by atoms with Crippen LogP contribution in [0, 0.1) is 12.3 Å². The largest absolute Gasteiger partial charge is 0.376 e. The summed E-state index contributed by atoms with van der Waals surface area (Å²) in [7, 11) is 0. The predicted molar refractivity (Wildman–Crippen MR) is 114 cm³/mol. The minimum Gasteiger partial charge on any atom is -0.376 e. The van der Waals surface area contributed by atoms with Crippen LogP contribution in [-0.2, 0) is 24.4 Å². The van der Waals surface area contributed by atoms with E-state index in [2.05, 4.69) is 5.32 Å². The molecule has 0 spiro atoms. The van der Waals surface area contributed by atoms with Crippen LogP contribution in [0.25, 0.3) is 10.2 Å². The number of aryl methyl sites for hydroxylation is 1. The number of aromatic nitrogens is 2. The van der Waals surface area contributed by atoms with E-state index in [1.807, 2.05) is 27.7 Å². The normalized spacial score (nSPS) is 17.7. The van der Waals surface area contributed by atoms with Gasteiger partial charge in [-0.1, -0.05) is 20.8 Å². The van der Waals surface area contributed by atoms with E-state index in [0.717, 1.165) is 34.7 Å². The van der Waals surface area contributed by atoms with Crippen molar-refractivity contribution < 1.29 is 4.74 Å². The van der Waals surface area contributed by atoms with Crippen LogP contribution in [0.4, 0.5) is 0 Å². The minimum absolute atomic E-state index is 0.0303. The van der Waals surface area contributed by atoms with Crippen LogP contribution in [0.5, 0.6) is 0 Å². The van der Waals surface area contributed by atoms with E-state index in [4.69, 9.17) is 10.5 Å². The molecule has 1 fully saturated rings. The summed E-state index contributed by atoms with van der Waals surface area (Å²) >= 11 is 1.53. The van der Waals surface area contributed by atoms with Crippen molar-refractivity contribution in [3.05, 3.63) is 31.3 Å². The molecule has 1 aliphatic rings. The van der Waals surface area contributed by atoms with E-state index in [0.29, 0.717) is 38.1 Å². The summed E-state index contributed by atoms with van der Waals surface area (Å²) in [6.07, 6.45) is 1.99. The van der Waals surface area contributed by atoms with Crippen molar-refractivity contribution >= 4 is 21.6 Å². The average Bonchev–Trinajstić information content (AvgIpc) is 3.23. The van der Waals surface area contributed by atoms with E-state index in [-0.39, 0.29) is 22.8 Å². The quantitative estimate of drug-likeness (QED) is 0.682.